The van der Waals surface area contributed by atoms with Crippen LogP contribution in [0.15, 0.2) is 12.4 Å². The first-order valence-electron chi connectivity index (χ1n) is 4.81. The van der Waals surface area contributed by atoms with Crippen molar-refractivity contribution in [1.82, 2.24) is 9.97 Å². The molecule has 16 heavy (non-hydrogen) atoms. The molecule has 6 heteroatoms. The molecule has 0 saturated heterocycles. The molecule has 0 spiro atoms. The molecular weight excluding hydrogens is 321 g/mol. The molecule has 0 fully saturated rings. The Morgan fingerprint density at radius 3 is 2.62 bits per heavy atom. The van der Waals surface area contributed by atoms with Gasteiger partial charge in [0.15, 0.2) is 0 Å². The predicted octanol–water partition coefficient (Wildman–Crippen LogP) is 1.33. The Balaban J connectivity index is 2.61. The van der Waals surface area contributed by atoms with E-state index in [0.29, 0.717) is 12.5 Å². The number of methoxy groups -OCH3 is 1. The highest BCUT2D eigenvalue weighted by Crippen LogP contribution is 2.09. The molecule has 88 valence electrons. The molecule has 0 N–H and O–H groups in total. The van der Waals surface area contributed by atoms with Gasteiger partial charge in [-0.05, 0) is 22.6 Å². The molecular formula is C10H14IN3O2. The Kier molecular flexibility index (Phi) is 4.91. The van der Waals surface area contributed by atoms with E-state index in [1.54, 1.807) is 12.4 Å². The zero-order valence-corrected chi connectivity index (χ0v) is 11.6. The highest BCUT2D eigenvalue weighted by molar-refractivity contribution is 14.1. The molecule has 1 aromatic heterocycles. The topological polar surface area (TPSA) is 55.3 Å². The molecule has 0 aliphatic rings. The average molecular weight is 335 g/mol. The summed E-state index contributed by atoms with van der Waals surface area (Å²) in [6.07, 6.45) is 3.48. The molecule has 1 aromatic rings. The van der Waals surface area contributed by atoms with Gasteiger partial charge in [0.1, 0.15) is 0 Å². The van der Waals surface area contributed by atoms with Gasteiger partial charge in [0, 0.05) is 29.6 Å². The molecule has 1 rings (SSSR count). The monoisotopic (exact) mass is 335 g/mol. The van der Waals surface area contributed by atoms with Crippen molar-refractivity contribution in [3.63, 3.8) is 0 Å². The number of halogens is 1. The van der Waals surface area contributed by atoms with Crippen LogP contribution in [0.2, 0.25) is 0 Å². The molecule has 0 aromatic carbocycles. The fourth-order valence-electron chi connectivity index (χ4n) is 1.27. The Labute approximate surface area is 108 Å². The summed E-state index contributed by atoms with van der Waals surface area (Å²) in [5, 5.41) is 0. The smallest absolute Gasteiger partial charge is 0.310 e. The number of esters is 1. The van der Waals surface area contributed by atoms with Gasteiger partial charge in [0.2, 0.25) is 5.95 Å². The zero-order valence-electron chi connectivity index (χ0n) is 9.48. The van der Waals surface area contributed by atoms with E-state index in [1.807, 2.05) is 18.9 Å². The lowest BCUT2D eigenvalue weighted by Crippen LogP contribution is -2.30. The molecule has 0 bridgehead atoms. The highest BCUT2D eigenvalue weighted by atomic mass is 127. The summed E-state index contributed by atoms with van der Waals surface area (Å²) < 4.78 is 5.64. The van der Waals surface area contributed by atoms with Gasteiger partial charge < -0.3 is 9.64 Å². The van der Waals surface area contributed by atoms with E-state index in [-0.39, 0.29) is 11.9 Å². The van der Waals surface area contributed by atoms with Crippen molar-refractivity contribution in [2.24, 2.45) is 5.92 Å². The van der Waals surface area contributed by atoms with E-state index in [9.17, 15) is 4.79 Å². The number of anilines is 1. The minimum atomic E-state index is -0.225. The number of nitrogens with zero attached hydrogens (tertiary/aromatic N) is 3. The zero-order chi connectivity index (χ0) is 12.1. The van der Waals surface area contributed by atoms with E-state index in [1.165, 1.54) is 7.11 Å². The van der Waals surface area contributed by atoms with Crippen LogP contribution in [0.25, 0.3) is 0 Å². The normalized spacial score (nSPS) is 12.0. The van der Waals surface area contributed by atoms with Crippen molar-refractivity contribution in [2.45, 2.75) is 6.92 Å². The van der Waals surface area contributed by atoms with Gasteiger partial charge in [0.05, 0.1) is 13.0 Å². The third-order valence-electron chi connectivity index (χ3n) is 2.10. The van der Waals surface area contributed by atoms with Crippen LogP contribution >= 0.6 is 22.6 Å². The lowest BCUT2D eigenvalue weighted by molar-refractivity contribution is -0.144. The third kappa shape index (κ3) is 3.58. The summed E-state index contributed by atoms with van der Waals surface area (Å²) in [5.74, 6) is 0.186. The molecule has 0 aliphatic carbocycles. The average Bonchev–Trinajstić information content (AvgIpc) is 2.28. The van der Waals surface area contributed by atoms with Gasteiger partial charge in [0.25, 0.3) is 0 Å². The van der Waals surface area contributed by atoms with Gasteiger partial charge in [-0.1, -0.05) is 6.92 Å². The quantitative estimate of drug-likeness (QED) is 0.614. The second kappa shape index (κ2) is 5.97. The van der Waals surface area contributed by atoms with Gasteiger partial charge in [-0.2, -0.15) is 0 Å². The number of carbonyl (C=O) groups is 1. The Bertz CT molecular complexity index is 356. The van der Waals surface area contributed by atoms with Crippen LogP contribution in [0.4, 0.5) is 5.95 Å². The molecule has 5 nitrogen and oxygen atoms in total. The molecule has 1 heterocycles. The van der Waals surface area contributed by atoms with Crippen molar-refractivity contribution >= 4 is 34.5 Å². The van der Waals surface area contributed by atoms with E-state index in [4.69, 9.17) is 0 Å². The fourth-order valence-corrected chi connectivity index (χ4v) is 1.55. The molecule has 0 amide bonds. The third-order valence-corrected chi connectivity index (χ3v) is 2.66. The van der Waals surface area contributed by atoms with Gasteiger partial charge in [-0.3, -0.25) is 4.79 Å². The number of ether oxygens (including phenoxy) is 1. The van der Waals surface area contributed by atoms with Crippen molar-refractivity contribution in [1.29, 1.82) is 0 Å². The van der Waals surface area contributed by atoms with E-state index < -0.39 is 0 Å². The van der Waals surface area contributed by atoms with Crippen molar-refractivity contribution in [2.75, 3.05) is 25.6 Å². The summed E-state index contributed by atoms with van der Waals surface area (Å²) in [4.78, 5) is 21.4. The summed E-state index contributed by atoms with van der Waals surface area (Å²) >= 11 is 2.14. The highest BCUT2D eigenvalue weighted by Gasteiger charge is 2.16. The van der Waals surface area contributed by atoms with Crippen LogP contribution in [-0.4, -0.2) is 36.6 Å². The number of hydrogen-bond acceptors (Lipinski definition) is 5. The van der Waals surface area contributed by atoms with Crippen LogP contribution in [-0.2, 0) is 9.53 Å². The second-order valence-electron chi connectivity index (χ2n) is 3.51. The maximum atomic E-state index is 11.2. The first-order chi connectivity index (χ1) is 7.54. The number of rotatable bonds is 4. The van der Waals surface area contributed by atoms with Crippen molar-refractivity contribution in [3.05, 3.63) is 16.0 Å². The van der Waals surface area contributed by atoms with Crippen LogP contribution < -0.4 is 4.90 Å². The summed E-state index contributed by atoms with van der Waals surface area (Å²) in [5.41, 5.74) is 0. The predicted molar refractivity (Wildman–Crippen MR) is 69.2 cm³/mol. The summed E-state index contributed by atoms with van der Waals surface area (Å²) in [7, 11) is 3.24. The first-order valence-corrected chi connectivity index (χ1v) is 5.89. The van der Waals surface area contributed by atoms with Crippen LogP contribution in [0.1, 0.15) is 6.92 Å². The Hall–Kier alpha value is -0.920. The fraction of sp³-hybridized carbons (Fsp3) is 0.500. The molecule has 0 saturated carbocycles. The minimum Gasteiger partial charge on any atom is -0.469 e. The van der Waals surface area contributed by atoms with Crippen LogP contribution in [0.3, 0.4) is 0 Å². The second-order valence-corrected chi connectivity index (χ2v) is 4.75. The van der Waals surface area contributed by atoms with Crippen molar-refractivity contribution < 1.29 is 9.53 Å². The Morgan fingerprint density at radius 1 is 1.56 bits per heavy atom. The maximum absolute atomic E-state index is 11.2. The lowest BCUT2D eigenvalue weighted by atomic mass is 10.2. The van der Waals surface area contributed by atoms with E-state index >= 15 is 0 Å². The Morgan fingerprint density at radius 2 is 2.12 bits per heavy atom. The number of hydrogen-bond donors (Lipinski definition) is 0. The number of carbonyl (C=O) groups excluding carboxylic acids is 1. The molecule has 1 atom stereocenters. The van der Waals surface area contributed by atoms with Gasteiger partial charge in [-0.25, -0.2) is 9.97 Å². The summed E-state index contributed by atoms with van der Waals surface area (Å²) in [6, 6.07) is 0. The van der Waals surface area contributed by atoms with Gasteiger partial charge in [-0.15, -0.1) is 0 Å². The molecule has 1 unspecified atom stereocenters. The number of aromatic nitrogens is 2. The lowest BCUT2D eigenvalue weighted by Gasteiger charge is -2.19. The standard InChI is InChI=1S/C10H14IN3O2/c1-7(9(15)16-3)6-14(2)10-12-4-8(11)5-13-10/h4-5,7H,6H2,1-3H3. The van der Waals surface area contributed by atoms with Crippen LogP contribution in [0, 0.1) is 9.49 Å². The van der Waals surface area contributed by atoms with Crippen LogP contribution in [0.5, 0.6) is 0 Å². The first kappa shape index (κ1) is 13.1. The van der Waals surface area contributed by atoms with Crippen molar-refractivity contribution in [3.8, 4) is 0 Å². The molecule has 0 aliphatic heterocycles. The minimum absolute atomic E-state index is 0.196. The summed E-state index contributed by atoms with van der Waals surface area (Å²) in [6.45, 7) is 2.35. The van der Waals surface area contributed by atoms with E-state index in [2.05, 4.69) is 37.3 Å². The SMILES string of the molecule is COC(=O)C(C)CN(C)c1ncc(I)cn1. The van der Waals surface area contributed by atoms with Gasteiger partial charge >= 0.3 is 5.97 Å². The largest absolute Gasteiger partial charge is 0.469 e. The maximum Gasteiger partial charge on any atom is 0.310 e. The molecule has 0 radical (unpaired) electrons. The van der Waals surface area contributed by atoms with E-state index in [0.717, 1.165) is 3.57 Å².